The fourth-order valence-electron chi connectivity index (χ4n) is 2.17. The third-order valence-corrected chi connectivity index (χ3v) is 3.13. The van der Waals surface area contributed by atoms with Gasteiger partial charge in [0.15, 0.2) is 0 Å². The Morgan fingerprint density at radius 3 is 2.57 bits per heavy atom. The molecule has 0 bridgehead atoms. The van der Waals surface area contributed by atoms with Gasteiger partial charge in [0, 0.05) is 31.2 Å². The van der Waals surface area contributed by atoms with Gasteiger partial charge in [-0.15, -0.1) is 0 Å². The van der Waals surface area contributed by atoms with Gasteiger partial charge in [0.1, 0.15) is 5.82 Å². The molecule has 1 heterocycles. The number of carbonyl (C=O) groups excluding carboxylic acids is 1. The molecule has 0 spiro atoms. The first kappa shape index (κ1) is 15.0. The Morgan fingerprint density at radius 2 is 1.95 bits per heavy atom. The molecular formula is C16H18FN3O. The SMILES string of the molecule is CCNc1c(F)cccc1C(=O)N(CC)c1ccncc1. The Hall–Kier alpha value is -2.43. The number of aromatic nitrogens is 1. The lowest BCUT2D eigenvalue weighted by molar-refractivity contribution is 0.0988. The molecule has 110 valence electrons. The van der Waals surface area contributed by atoms with Gasteiger partial charge in [0.2, 0.25) is 0 Å². The van der Waals surface area contributed by atoms with E-state index in [9.17, 15) is 9.18 Å². The van der Waals surface area contributed by atoms with Gasteiger partial charge in [0.05, 0.1) is 11.3 Å². The first-order valence-corrected chi connectivity index (χ1v) is 6.93. The van der Waals surface area contributed by atoms with E-state index in [1.54, 1.807) is 41.6 Å². The molecule has 4 nitrogen and oxygen atoms in total. The Bertz CT molecular complexity index is 616. The van der Waals surface area contributed by atoms with Gasteiger partial charge in [-0.1, -0.05) is 6.07 Å². The van der Waals surface area contributed by atoms with E-state index in [-0.39, 0.29) is 11.6 Å². The first-order valence-electron chi connectivity index (χ1n) is 6.93. The number of amides is 1. The number of halogens is 1. The van der Waals surface area contributed by atoms with E-state index >= 15 is 0 Å². The molecular weight excluding hydrogens is 269 g/mol. The largest absolute Gasteiger partial charge is 0.382 e. The Balaban J connectivity index is 2.41. The second kappa shape index (κ2) is 6.83. The molecule has 1 aromatic carbocycles. The van der Waals surface area contributed by atoms with E-state index < -0.39 is 5.82 Å². The zero-order valence-electron chi connectivity index (χ0n) is 12.1. The number of rotatable bonds is 5. The second-order valence-corrected chi connectivity index (χ2v) is 4.45. The average molecular weight is 287 g/mol. The summed E-state index contributed by atoms with van der Waals surface area (Å²) in [5, 5.41) is 2.92. The molecule has 0 atom stereocenters. The maximum Gasteiger partial charge on any atom is 0.260 e. The summed E-state index contributed by atoms with van der Waals surface area (Å²) in [5.41, 5.74) is 1.32. The third kappa shape index (κ3) is 3.18. The number of anilines is 2. The summed E-state index contributed by atoms with van der Waals surface area (Å²) in [6.45, 7) is 4.78. The Labute approximate surface area is 123 Å². The van der Waals surface area contributed by atoms with Crippen LogP contribution >= 0.6 is 0 Å². The van der Waals surface area contributed by atoms with Crippen LogP contribution < -0.4 is 10.2 Å². The van der Waals surface area contributed by atoms with Crippen molar-refractivity contribution in [2.75, 3.05) is 23.3 Å². The van der Waals surface area contributed by atoms with Crippen LogP contribution in [0.1, 0.15) is 24.2 Å². The lowest BCUT2D eigenvalue weighted by Crippen LogP contribution is -2.31. The Morgan fingerprint density at radius 1 is 1.24 bits per heavy atom. The molecule has 0 aliphatic rings. The third-order valence-electron chi connectivity index (χ3n) is 3.13. The summed E-state index contributed by atoms with van der Waals surface area (Å²) in [4.78, 5) is 18.3. The highest BCUT2D eigenvalue weighted by Crippen LogP contribution is 2.24. The minimum atomic E-state index is -0.423. The van der Waals surface area contributed by atoms with Crippen LogP contribution in [0.25, 0.3) is 0 Å². The molecule has 5 heteroatoms. The maximum atomic E-state index is 13.9. The van der Waals surface area contributed by atoms with Gasteiger partial charge in [-0.2, -0.15) is 0 Å². The summed E-state index contributed by atoms with van der Waals surface area (Å²) in [5.74, 6) is -0.660. The summed E-state index contributed by atoms with van der Waals surface area (Å²) >= 11 is 0. The quantitative estimate of drug-likeness (QED) is 0.917. The number of nitrogens with one attached hydrogen (secondary N) is 1. The van der Waals surface area contributed by atoms with Gasteiger partial charge in [0.25, 0.3) is 5.91 Å². The van der Waals surface area contributed by atoms with Crippen LogP contribution in [-0.2, 0) is 0 Å². The molecule has 2 rings (SSSR count). The maximum absolute atomic E-state index is 13.9. The number of hydrogen-bond donors (Lipinski definition) is 1. The molecule has 0 unspecified atom stereocenters. The average Bonchev–Trinajstić information content (AvgIpc) is 2.51. The molecule has 1 aromatic heterocycles. The second-order valence-electron chi connectivity index (χ2n) is 4.45. The van der Waals surface area contributed by atoms with Crippen LogP contribution in [0, 0.1) is 5.82 Å². The van der Waals surface area contributed by atoms with Crippen molar-refractivity contribution in [1.29, 1.82) is 0 Å². The number of nitrogens with zero attached hydrogens (tertiary/aromatic N) is 2. The van der Waals surface area contributed by atoms with Crippen molar-refractivity contribution in [3.05, 3.63) is 54.1 Å². The van der Waals surface area contributed by atoms with Crippen molar-refractivity contribution in [2.24, 2.45) is 0 Å². The predicted molar refractivity (Wildman–Crippen MR) is 82.2 cm³/mol. The molecule has 0 saturated heterocycles. The summed E-state index contributed by atoms with van der Waals surface area (Å²) in [7, 11) is 0. The molecule has 1 amide bonds. The van der Waals surface area contributed by atoms with Gasteiger partial charge >= 0.3 is 0 Å². The van der Waals surface area contributed by atoms with Gasteiger partial charge < -0.3 is 10.2 Å². The van der Waals surface area contributed by atoms with Gasteiger partial charge in [-0.25, -0.2) is 4.39 Å². The topological polar surface area (TPSA) is 45.2 Å². The number of carbonyl (C=O) groups is 1. The molecule has 0 radical (unpaired) electrons. The lowest BCUT2D eigenvalue weighted by atomic mass is 10.1. The minimum absolute atomic E-state index is 0.237. The smallest absolute Gasteiger partial charge is 0.260 e. The molecule has 0 aliphatic carbocycles. The van der Waals surface area contributed by atoms with E-state index in [4.69, 9.17) is 0 Å². The van der Waals surface area contributed by atoms with E-state index in [1.807, 2.05) is 13.8 Å². The number of hydrogen-bond acceptors (Lipinski definition) is 3. The first-order chi connectivity index (χ1) is 10.2. The number of para-hydroxylation sites is 1. The lowest BCUT2D eigenvalue weighted by Gasteiger charge is -2.22. The van der Waals surface area contributed by atoms with E-state index in [0.717, 1.165) is 5.69 Å². The molecule has 0 fully saturated rings. The molecule has 0 saturated carbocycles. The van der Waals surface area contributed by atoms with E-state index in [2.05, 4.69) is 10.3 Å². The van der Waals surface area contributed by atoms with Crippen LogP contribution in [0.15, 0.2) is 42.7 Å². The van der Waals surface area contributed by atoms with Crippen LogP contribution in [0.3, 0.4) is 0 Å². The fourth-order valence-corrected chi connectivity index (χ4v) is 2.17. The van der Waals surface area contributed by atoms with Crippen molar-refractivity contribution in [3.8, 4) is 0 Å². The van der Waals surface area contributed by atoms with Crippen molar-refractivity contribution >= 4 is 17.3 Å². The van der Waals surface area contributed by atoms with Crippen LogP contribution in [-0.4, -0.2) is 24.0 Å². The van der Waals surface area contributed by atoms with Crippen LogP contribution in [0.4, 0.5) is 15.8 Å². The molecule has 2 aromatic rings. The highest BCUT2D eigenvalue weighted by molar-refractivity contribution is 6.09. The zero-order valence-corrected chi connectivity index (χ0v) is 12.1. The number of benzene rings is 1. The normalized spacial score (nSPS) is 10.2. The summed E-state index contributed by atoms with van der Waals surface area (Å²) < 4.78 is 13.9. The summed E-state index contributed by atoms with van der Waals surface area (Å²) in [6, 6.07) is 8.04. The van der Waals surface area contributed by atoms with Gasteiger partial charge in [-0.3, -0.25) is 9.78 Å². The molecule has 1 N–H and O–H groups in total. The van der Waals surface area contributed by atoms with Crippen molar-refractivity contribution in [2.45, 2.75) is 13.8 Å². The standard InChI is InChI=1S/C16H18FN3O/c1-3-19-15-13(6-5-7-14(15)17)16(21)20(4-2)12-8-10-18-11-9-12/h5-11,19H,3-4H2,1-2H3. The zero-order chi connectivity index (χ0) is 15.2. The van der Waals surface area contributed by atoms with Crippen molar-refractivity contribution in [3.63, 3.8) is 0 Å². The van der Waals surface area contributed by atoms with Crippen LogP contribution in [0.2, 0.25) is 0 Å². The Kier molecular flexibility index (Phi) is 4.87. The van der Waals surface area contributed by atoms with E-state index in [0.29, 0.717) is 18.7 Å². The highest BCUT2D eigenvalue weighted by atomic mass is 19.1. The van der Waals surface area contributed by atoms with Crippen LogP contribution in [0.5, 0.6) is 0 Å². The molecule has 0 aliphatic heterocycles. The van der Waals surface area contributed by atoms with Crippen molar-refractivity contribution in [1.82, 2.24) is 4.98 Å². The minimum Gasteiger partial charge on any atom is -0.382 e. The molecule has 21 heavy (non-hydrogen) atoms. The highest BCUT2D eigenvalue weighted by Gasteiger charge is 2.20. The van der Waals surface area contributed by atoms with E-state index in [1.165, 1.54) is 6.07 Å². The predicted octanol–water partition coefficient (Wildman–Crippen LogP) is 3.32. The van der Waals surface area contributed by atoms with Gasteiger partial charge in [-0.05, 0) is 38.1 Å². The monoisotopic (exact) mass is 287 g/mol. The van der Waals surface area contributed by atoms with Crippen molar-refractivity contribution < 1.29 is 9.18 Å². The fraction of sp³-hybridized carbons (Fsp3) is 0.250. The number of pyridine rings is 1. The summed E-state index contributed by atoms with van der Waals surface area (Å²) in [6.07, 6.45) is 3.25.